The summed E-state index contributed by atoms with van der Waals surface area (Å²) in [6.45, 7) is 8.72. The highest BCUT2D eigenvalue weighted by Gasteiger charge is 2.16. The van der Waals surface area contributed by atoms with Gasteiger partial charge >= 0.3 is 6.09 Å². The number of unbranched alkanes of at least 4 members (excludes halogenated alkanes) is 1. The Bertz CT molecular complexity index is 781. The molecule has 7 heteroatoms. The van der Waals surface area contributed by atoms with Gasteiger partial charge in [0, 0.05) is 18.7 Å². The predicted octanol–water partition coefficient (Wildman–Crippen LogP) is 4.40. The second-order valence-corrected chi connectivity index (χ2v) is 8.27. The SMILES string of the molecule is Cc1ccccc1C(=O)c1cnc(NCCCCNC(=O)OC(C)(C)C)s1. The normalized spacial score (nSPS) is 11.1. The molecule has 0 spiro atoms. The summed E-state index contributed by atoms with van der Waals surface area (Å²) in [6, 6.07) is 7.55. The zero-order chi connectivity index (χ0) is 19.9. The first-order valence-electron chi connectivity index (χ1n) is 9.03. The van der Waals surface area contributed by atoms with Gasteiger partial charge in [0.25, 0.3) is 0 Å². The van der Waals surface area contributed by atoms with Gasteiger partial charge in [0.15, 0.2) is 5.13 Å². The van der Waals surface area contributed by atoms with E-state index >= 15 is 0 Å². The Morgan fingerprint density at radius 1 is 1.15 bits per heavy atom. The monoisotopic (exact) mass is 389 g/mol. The van der Waals surface area contributed by atoms with Crippen molar-refractivity contribution < 1.29 is 14.3 Å². The molecule has 1 heterocycles. The first kappa shape index (κ1) is 20.9. The van der Waals surface area contributed by atoms with Gasteiger partial charge in [0.2, 0.25) is 5.78 Å². The average molecular weight is 390 g/mol. The second-order valence-electron chi connectivity index (χ2n) is 7.24. The van der Waals surface area contributed by atoms with Crippen LogP contribution in [0.1, 0.15) is 54.4 Å². The number of thiazole rings is 1. The van der Waals surface area contributed by atoms with Gasteiger partial charge in [-0.2, -0.15) is 0 Å². The molecule has 0 saturated heterocycles. The first-order chi connectivity index (χ1) is 12.8. The highest BCUT2D eigenvalue weighted by molar-refractivity contribution is 7.17. The summed E-state index contributed by atoms with van der Waals surface area (Å²) < 4.78 is 5.18. The lowest BCUT2D eigenvalue weighted by Gasteiger charge is -2.19. The van der Waals surface area contributed by atoms with Crippen molar-refractivity contribution in [3.63, 3.8) is 0 Å². The Hall–Kier alpha value is -2.41. The smallest absolute Gasteiger partial charge is 0.407 e. The molecule has 0 aliphatic carbocycles. The van der Waals surface area contributed by atoms with E-state index in [0.717, 1.165) is 30.1 Å². The van der Waals surface area contributed by atoms with Crippen LogP contribution in [0, 0.1) is 6.92 Å². The van der Waals surface area contributed by atoms with Crippen molar-refractivity contribution in [1.29, 1.82) is 0 Å². The highest BCUT2D eigenvalue weighted by atomic mass is 32.1. The molecule has 0 unspecified atom stereocenters. The molecule has 0 radical (unpaired) electrons. The molecule has 146 valence electrons. The van der Waals surface area contributed by atoms with Crippen molar-refractivity contribution in [3.05, 3.63) is 46.5 Å². The third kappa shape index (κ3) is 7.02. The van der Waals surface area contributed by atoms with Crippen molar-refractivity contribution in [3.8, 4) is 0 Å². The third-order valence-electron chi connectivity index (χ3n) is 3.67. The van der Waals surface area contributed by atoms with Gasteiger partial charge in [0.1, 0.15) is 5.60 Å². The minimum Gasteiger partial charge on any atom is -0.444 e. The van der Waals surface area contributed by atoms with Crippen LogP contribution in [0.25, 0.3) is 0 Å². The Morgan fingerprint density at radius 2 is 1.85 bits per heavy atom. The highest BCUT2D eigenvalue weighted by Crippen LogP contribution is 2.22. The molecule has 2 rings (SSSR count). The van der Waals surface area contributed by atoms with Crippen LogP contribution < -0.4 is 10.6 Å². The van der Waals surface area contributed by atoms with Crippen molar-refractivity contribution >= 4 is 28.3 Å². The van der Waals surface area contributed by atoms with E-state index in [1.54, 1.807) is 6.20 Å². The van der Waals surface area contributed by atoms with Crippen molar-refractivity contribution in [1.82, 2.24) is 10.3 Å². The van der Waals surface area contributed by atoms with Crippen LogP contribution in [0.5, 0.6) is 0 Å². The summed E-state index contributed by atoms with van der Waals surface area (Å²) in [5.41, 5.74) is 1.19. The van der Waals surface area contributed by atoms with Crippen molar-refractivity contribution in [2.75, 3.05) is 18.4 Å². The van der Waals surface area contributed by atoms with Crippen LogP contribution in [0.4, 0.5) is 9.93 Å². The van der Waals surface area contributed by atoms with E-state index in [1.807, 2.05) is 52.0 Å². The summed E-state index contributed by atoms with van der Waals surface area (Å²) in [4.78, 5) is 29.0. The predicted molar refractivity (Wildman–Crippen MR) is 109 cm³/mol. The van der Waals surface area contributed by atoms with Gasteiger partial charge in [-0.1, -0.05) is 35.6 Å². The maximum Gasteiger partial charge on any atom is 0.407 e. The summed E-state index contributed by atoms with van der Waals surface area (Å²) >= 11 is 1.36. The molecular weight excluding hydrogens is 362 g/mol. The van der Waals surface area contributed by atoms with Crippen LogP contribution in [-0.2, 0) is 4.74 Å². The van der Waals surface area contributed by atoms with Gasteiger partial charge in [0.05, 0.1) is 11.1 Å². The van der Waals surface area contributed by atoms with E-state index in [4.69, 9.17) is 4.74 Å². The quantitative estimate of drug-likeness (QED) is 0.517. The Labute approximate surface area is 164 Å². The van der Waals surface area contributed by atoms with Gasteiger partial charge in [-0.15, -0.1) is 0 Å². The number of aromatic nitrogens is 1. The summed E-state index contributed by atoms with van der Waals surface area (Å²) in [5.74, 6) is 0.000195. The van der Waals surface area contributed by atoms with E-state index in [1.165, 1.54) is 11.3 Å². The van der Waals surface area contributed by atoms with Crippen molar-refractivity contribution in [2.45, 2.75) is 46.1 Å². The third-order valence-corrected chi connectivity index (χ3v) is 4.62. The number of nitrogens with zero attached hydrogens (tertiary/aromatic N) is 1. The molecule has 6 nitrogen and oxygen atoms in total. The van der Waals surface area contributed by atoms with E-state index in [2.05, 4.69) is 15.6 Å². The number of aryl methyl sites for hydroxylation is 1. The fourth-order valence-corrected chi connectivity index (χ4v) is 3.17. The first-order valence-corrected chi connectivity index (χ1v) is 9.85. The Kier molecular flexibility index (Phi) is 7.36. The van der Waals surface area contributed by atoms with Crippen LogP contribution in [0.3, 0.4) is 0 Å². The van der Waals surface area contributed by atoms with E-state index in [0.29, 0.717) is 17.0 Å². The molecule has 0 bridgehead atoms. The van der Waals surface area contributed by atoms with E-state index in [9.17, 15) is 9.59 Å². The topological polar surface area (TPSA) is 80.3 Å². The number of carbonyl (C=O) groups is 2. The Morgan fingerprint density at radius 3 is 2.56 bits per heavy atom. The molecule has 0 atom stereocenters. The molecule has 2 N–H and O–H groups in total. The van der Waals surface area contributed by atoms with Crippen molar-refractivity contribution in [2.24, 2.45) is 0 Å². The van der Waals surface area contributed by atoms with Crippen LogP contribution in [0.2, 0.25) is 0 Å². The number of ketones is 1. The minimum atomic E-state index is -0.482. The number of anilines is 1. The number of hydrogen-bond acceptors (Lipinski definition) is 6. The maximum atomic E-state index is 12.5. The van der Waals surface area contributed by atoms with Crippen LogP contribution >= 0.6 is 11.3 Å². The molecule has 1 amide bonds. The number of amides is 1. The fraction of sp³-hybridized carbons (Fsp3) is 0.450. The van der Waals surface area contributed by atoms with E-state index in [-0.39, 0.29) is 5.78 Å². The lowest BCUT2D eigenvalue weighted by molar-refractivity contribution is 0.0527. The Balaban J connectivity index is 1.70. The average Bonchev–Trinajstić information content (AvgIpc) is 3.05. The van der Waals surface area contributed by atoms with Gasteiger partial charge in [-0.05, 0) is 46.1 Å². The molecule has 2 aromatic rings. The number of hydrogen-bond donors (Lipinski definition) is 2. The number of rotatable bonds is 8. The van der Waals surface area contributed by atoms with Crippen LogP contribution in [-0.4, -0.2) is 35.6 Å². The number of alkyl carbamates (subject to hydrolysis) is 1. The minimum absolute atomic E-state index is 0.000195. The molecule has 0 fully saturated rings. The number of carbonyl (C=O) groups excluding carboxylic acids is 2. The molecular formula is C20H27N3O3S. The summed E-state index contributed by atoms with van der Waals surface area (Å²) in [6.07, 6.45) is 2.92. The standard InChI is InChI=1S/C20H27N3O3S/c1-14-9-5-6-10-15(14)17(24)16-13-23-18(27-16)21-11-7-8-12-22-19(25)26-20(2,3)4/h5-6,9-10,13H,7-8,11-12H2,1-4H3,(H,21,23)(H,22,25). The molecule has 27 heavy (non-hydrogen) atoms. The molecule has 1 aromatic carbocycles. The van der Waals surface area contributed by atoms with Crippen LogP contribution in [0.15, 0.2) is 30.5 Å². The lowest BCUT2D eigenvalue weighted by Crippen LogP contribution is -2.33. The van der Waals surface area contributed by atoms with Gasteiger partial charge in [-0.25, -0.2) is 9.78 Å². The summed E-state index contributed by atoms with van der Waals surface area (Å²) in [5, 5.41) is 6.69. The number of nitrogens with one attached hydrogen (secondary N) is 2. The number of ether oxygens (including phenoxy) is 1. The largest absolute Gasteiger partial charge is 0.444 e. The molecule has 0 saturated carbocycles. The zero-order valence-corrected chi connectivity index (χ0v) is 17.1. The maximum absolute atomic E-state index is 12.5. The van der Waals surface area contributed by atoms with E-state index < -0.39 is 11.7 Å². The fourth-order valence-electron chi connectivity index (χ4n) is 2.37. The molecule has 1 aromatic heterocycles. The number of benzene rings is 1. The summed E-state index contributed by atoms with van der Waals surface area (Å²) in [7, 11) is 0. The second kappa shape index (κ2) is 9.50. The lowest BCUT2D eigenvalue weighted by atomic mass is 10.0. The van der Waals surface area contributed by atoms with Gasteiger partial charge in [-0.3, -0.25) is 4.79 Å². The molecule has 0 aliphatic rings. The molecule has 0 aliphatic heterocycles. The van der Waals surface area contributed by atoms with Gasteiger partial charge < -0.3 is 15.4 Å². The zero-order valence-electron chi connectivity index (χ0n) is 16.3.